The minimum Gasteiger partial charge on any atom is -0.462 e. The first-order valence-electron chi connectivity index (χ1n) is 7.18. The molecule has 0 radical (unpaired) electrons. The Kier molecular flexibility index (Phi) is 4.63. The molecule has 0 saturated carbocycles. The van der Waals surface area contributed by atoms with Crippen LogP contribution in [-0.4, -0.2) is 22.5 Å². The van der Waals surface area contributed by atoms with Crippen LogP contribution in [-0.2, 0) is 4.74 Å². The van der Waals surface area contributed by atoms with Gasteiger partial charge in [0.2, 0.25) is 0 Å². The molecule has 2 aromatic heterocycles. The van der Waals surface area contributed by atoms with Crippen LogP contribution in [0.15, 0.2) is 54.0 Å². The molecule has 1 N–H and O–H groups in total. The second-order valence-electron chi connectivity index (χ2n) is 4.64. The van der Waals surface area contributed by atoms with E-state index < -0.39 is 5.97 Å². The van der Waals surface area contributed by atoms with E-state index in [1.165, 1.54) is 6.20 Å². The number of carbonyl (C=O) groups is 1. The van der Waals surface area contributed by atoms with Gasteiger partial charge in [-0.1, -0.05) is 24.3 Å². The van der Waals surface area contributed by atoms with E-state index >= 15 is 0 Å². The first kappa shape index (κ1) is 15.2. The molecule has 0 amide bonds. The smallest absolute Gasteiger partial charge is 0.343 e. The van der Waals surface area contributed by atoms with E-state index in [9.17, 15) is 4.79 Å². The van der Waals surface area contributed by atoms with E-state index in [-0.39, 0.29) is 0 Å². The third kappa shape index (κ3) is 3.54. The molecule has 2 heterocycles. The molecular formula is C17H15N3O2S. The second kappa shape index (κ2) is 7.02. The van der Waals surface area contributed by atoms with Crippen molar-refractivity contribution in [2.45, 2.75) is 6.92 Å². The fourth-order valence-electron chi connectivity index (χ4n) is 2.02. The van der Waals surface area contributed by atoms with Gasteiger partial charge in [-0.3, -0.25) is 0 Å². The van der Waals surface area contributed by atoms with Crippen molar-refractivity contribution in [1.29, 1.82) is 0 Å². The predicted octanol–water partition coefficient (Wildman–Crippen LogP) is 4.13. The number of aromatic nitrogens is 2. The monoisotopic (exact) mass is 325 g/mol. The van der Waals surface area contributed by atoms with Gasteiger partial charge in [0.15, 0.2) is 5.82 Å². The largest absolute Gasteiger partial charge is 0.462 e. The summed E-state index contributed by atoms with van der Waals surface area (Å²) in [7, 11) is 0. The Morgan fingerprint density at radius 3 is 2.74 bits per heavy atom. The minimum atomic E-state index is -0.441. The molecule has 0 bridgehead atoms. The Labute approximate surface area is 138 Å². The molecule has 6 heteroatoms. The van der Waals surface area contributed by atoms with Crippen LogP contribution in [0, 0.1) is 0 Å². The lowest BCUT2D eigenvalue weighted by Crippen LogP contribution is -2.10. The summed E-state index contributed by atoms with van der Waals surface area (Å²) in [5.74, 6) is 0.572. The maximum atomic E-state index is 12.1. The van der Waals surface area contributed by atoms with Gasteiger partial charge in [0.1, 0.15) is 11.4 Å². The molecule has 3 rings (SSSR count). The first-order chi connectivity index (χ1) is 11.3. The van der Waals surface area contributed by atoms with Crippen molar-refractivity contribution < 1.29 is 9.53 Å². The van der Waals surface area contributed by atoms with Crippen molar-refractivity contribution in [1.82, 2.24) is 9.97 Å². The van der Waals surface area contributed by atoms with Crippen molar-refractivity contribution in [3.05, 3.63) is 59.6 Å². The average molecular weight is 325 g/mol. The molecule has 0 aliphatic carbocycles. The Balaban J connectivity index is 2.00. The number of hydrogen-bond donors (Lipinski definition) is 1. The number of benzene rings is 1. The van der Waals surface area contributed by atoms with Gasteiger partial charge >= 0.3 is 5.97 Å². The third-order valence-electron chi connectivity index (χ3n) is 3.06. The molecule has 0 aliphatic rings. The van der Waals surface area contributed by atoms with Crippen LogP contribution >= 0.6 is 11.3 Å². The zero-order valence-corrected chi connectivity index (χ0v) is 13.3. The van der Waals surface area contributed by atoms with Gasteiger partial charge in [0.05, 0.1) is 11.5 Å². The van der Waals surface area contributed by atoms with Crippen LogP contribution in [0.4, 0.5) is 11.5 Å². The van der Waals surface area contributed by atoms with Crippen molar-refractivity contribution in [2.24, 2.45) is 0 Å². The quantitative estimate of drug-likeness (QED) is 0.715. The zero-order chi connectivity index (χ0) is 16.1. The van der Waals surface area contributed by atoms with Crippen LogP contribution in [0.1, 0.15) is 17.3 Å². The minimum absolute atomic E-state index is 0.302. The number of esters is 1. The number of ether oxygens (including phenoxy) is 1. The molecule has 0 fully saturated rings. The highest BCUT2D eigenvalue weighted by Crippen LogP contribution is 2.25. The molecule has 0 saturated heterocycles. The van der Waals surface area contributed by atoms with Crippen molar-refractivity contribution in [2.75, 3.05) is 11.9 Å². The molecule has 1 aromatic carbocycles. The number of nitrogens with one attached hydrogen (secondary N) is 1. The van der Waals surface area contributed by atoms with Gasteiger partial charge in [-0.05, 0) is 30.5 Å². The molecule has 0 unspecified atom stereocenters. The summed E-state index contributed by atoms with van der Waals surface area (Å²) in [6.07, 6.45) is 1.51. The summed E-state index contributed by atoms with van der Waals surface area (Å²) in [5.41, 5.74) is 1.16. The lowest BCUT2D eigenvalue weighted by atomic mass is 10.2. The number of para-hydroxylation sites is 1. The van der Waals surface area contributed by atoms with Crippen LogP contribution in [0.2, 0.25) is 0 Å². The number of nitrogens with zero attached hydrogens (tertiary/aromatic N) is 2. The van der Waals surface area contributed by atoms with Gasteiger partial charge < -0.3 is 10.1 Å². The van der Waals surface area contributed by atoms with E-state index in [4.69, 9.17) is 4.74 Å². The Hall–Kier alpha value is -2.73. The highest BCUT2D eigenvalue weighted by atomic mass is 32.1. The molecular weight excluding hydrogens is 310 g/mol. The zero-order valence-electron chi connectivity index (χ0n) is 12.5. The molecule has 23 heavy (non-hydrogen) atoms. The number of rotatable bonds is 5. The van der Waals surface area contributed by atoms with Gasteiger partial charge in [0.25, 0.3) is 0 Å². The van der Waals surface area contributed by atoms with E-state index in [2.05, 4.69) is 15.3 Å². The van der Waals surface area contributed by atoms with Crippen LogP contribution < -0.4 is 5.32 Å². The van der Waals surface area contributed by atoms with Crippen LogP contribution in [0.5, 0.6) is 0 Å². The Morgan fingerprint density at radius 2 is 2.04 bits per heavy atom. The van der Waals surface area contributed by atoms with Gasteiger partial charge in [-0.2, -0.15) is 0 Å². The fraction of sp³-hybridized carbons (Fsp3) is 0.118. The van der Waals surface area contributed by atoms with Gasteiger partial charge in [-0.15, -0.1) is 11.3 Å². The Morgan fingerprint density at radius 1 is 1.22 bits per heavy atom. The summed E-state index contributed by atoms with van der Waals surface area (Å²) >= 11 is 1.55. The topological polar surface area (TPSA) is 64.1 Å². The summed E-state index contributed by atoms with van der Waals surface area (Å²) in [4.78, 5) is 21.8. The molecule has 3 aromatic rings. The maximum Gasteiger partial charge on any atom is 0.343 e. The van der Waals surface area contributed by atoms with Gasteiger partial charge in [-0.25, -0.2) is 14.8 Å². The predicted molar refractivity (Wildman–Crippen MR) is 91.0 cm³/mol. The number of hydrogen-bond acceptors (Lipinski definition) is 6. The van der Waals surface area contributed by atoms with E-state index in [0.29, 0.717) is 23.8 Å². The summed E-state index contributed by atoms with van der Waals surface area (Å²) in [6, 6.07) is 13.4. The van der Waals surface area contributed by atoms with Crippen LogP contribution in [0.3, 0.4) is 0 Å². The molecule has 0 aliphatic heterocycles. The van der Waals surface area contributed by atoms with E-state index in [1.54, 1.807) is 18.3 Å². The van der Waals surface area contributed by atoms with Crippen molar-refractivity contribution in [3.63, 3.8) is 0 Å². The summed E-state index contributed by atoms with van der Waals surface area (Å²) < 4.78 is 5.08. The lowest BCUT2D eigenvalue weighted by molar-refractivity contribution is 0.0526. The molecule has 0 spiro atoms. The van der Waals surface area contributed by atoms with Crippen LogP contribution in [0.25, 0.3) is 10.7 Å². The third-order valence-corrected chi connectivity index (χ3v) is 3.93. The molecule has 0 atom stereocenters. The SMILES string of the molecule is CCOC(=O)c1cnc(-c2cccs2)nc1Nc1ccccc1. The first-order valence-corrected chi connectivity index (χ1v) is 8.06. The average Bonchev–Trinajstić information content (AvgIpc) is 3.10. The fourth-order valence-corrected chi connectivity index (χ4v) is 2.68. The van der Waals surface area contributed by atoms with Crippen molar-refractivity contribution in [3.8, 4) is 10.7 Å². The standard InChI is InChI=1S/C17H15N3O2S/c1-2-22-17(21)13-11-18-16(14-9-6-10-23-14)20-15(13)19-12-7-4-3-5-8-12/h3-11H,2H2,1H3,(H,18,19,20). The lowest BCUT2D eigenvalue weighted by Gasteiger charge is -2.11. The van der Waals surface area contributed by atoms with Crippen molar-refractivity contribution >= 4 is 28.8 Å². The number of carbonyl (C=O) groups excluding carboxylic acids is 1. The Bertz CT molecular complexity index is 789. The number of anilines is 2. The highest BCUT2D eigenvalue weighted by Gasteiger charge is 2.17. The number of thiophene rings is 1. The van der Waals surface area contributed by atoms with E-state index in [1.807, 2.05) is 47.8 Å². The van der Waals surface area contributed by atoms with E-state index in [0.717, 1.165) is 10.6 Å². The summed E-state index contributed by atoms with van der Waals surface area (Å²) in [5, 5.41) is 5.13. The molecule has 116 valence electrons. The highest BCUT2D eigenvalue weighted by molar-refractivity contribution is 7.13. The second-order valence-corrected chi connectivity index (χ2v) is 5.59. The normalized spacial score (nSPS) is 10.3. The molecule has 5 nitrogen and oxygen atoms in total. The van der Waals surface area contributed by atoms with Gasteiger partial charge in [0, 0.05) is 11.9 Å². The summed E-state index contributed by atoms with van der Waals surface area (Å²) in [6.45, 7) is 2.07. The maximum absolute atomic E-state index is 12.1.